The van der Waals surface area contributed by atoms with Crippen LogP contribution in [0.2, 0.25) is 0 Å². The maximum absolute atomic E-state index is 12.3. The van der Waals surface area contributed by atoms with Crippen molar-refractivity contribution < 1.29 is 26.4 Å². The summed E-state index contributed by atoms with van der Waals surface area (Å²) in [5.74, 6) is -0.158. The van der Waals surface area contributed by atoms with Gasteiger partial charge in [0, 0.05) is 42.5 Å². The number of anilines is 4. The van der Waals surface area contributed by atoms with E-state index in [0.29, 0.717) is 24.3 Å². The van der Waals surface area contributed by atoms with Crippen LogP contribution >= 0.6 is 0 Å². The molecule has 1 heterocycles. The van der Waals surface area contributed by atoms with E-state index in [4.69, 9.17) is 0 Å². The Morgan fingerprint density at radius 2 is 1.52 bits per heavy atom. The molecule has 2 aromatic carbocycles. The monoisotopic (exact) mass is 624 g/mol. The minimum absolute atomic E-state index is 0. The number of rotatable bonds is 13. The average molecular weight is 625 g/mol. The molecule has 1 aliphatic carbocycles. The van der Waals surface area contributed by atoms with Gasteiger partial charge in [-0.3, -0.25) is 9.59 Å². The first kappa shape index (κ1) is 33.5. The van der Waals surface area contributed by atoms with Gasteiger partial charge in [0.05, 0.1) is 15.9 Å². The molecule has 3 aromatic rings. The van der Waals surface area contributed by atoms with Gasteiger partial charge in [-0.05, 0) is 61.7 Å². The summed E-state index contributed by atoms with van der Waals surface area (Å²) in [5, 5.41) is 8.76. The summed E-state index contributed by atoms with van der Waals surface area (Å²) in [6.07, 6.45) is 3.05. The van der Waals surface area contributed by atoms with E-state index in [1.54, 1.807) is 25.3 Å². The zero-order chi connectivity index (χ0) is 29.6. The molecule has 0 aliphatic heterocycles. The van der Waals surface area contributed by atoms with Gasteiger partial charge in [0.2, 0.25) is 17.8 Å². The number of sulfone groups is 1. The Morgan fingerprint density at radius 3 is 2.14 bits per heavy atom. The molecule has 220 valence electrons. The number of sulfonamides is 1. The number of nitrogens with zero attached hydrogens (tertiary/aromatic N) is 2. The number of nitrogens with one attached hydrogen (secondary N) is 4. The molecule has 1 saturated carbocycles. The molecule has 42 heavy (non-hydrogen) atoms. The first-order chi connectivity index (χ1) is 19.4. The third-order valence-electron chi connectivity index (χ3n) is 6.31. The fourth-order valence-corrected chi connectivity index (χ4v) is 6.43. The Balaban J connectivity index is 0.00000484. The van der Waals surface area contributed by atoms with Gasteiger partial charge < -0.3 is 16.0 Å². The second kappa shape index (κ2) is 14.4. The number of carbonyl (C=O) groups excluding carboxylic acids is 2. The molecule has 1 fully saturated rings. The Morgan fingerprint density at radius 1 is 0.905 bits per heavy atom. The molecule has 4 rings (SSSR count). The summed E-state index contributed by atoms with van der Waals surface area (Å²) >= 11 is 0. The van der Waals surface area contributed by atoms with Crippen LogP contribution in [0.15, 0.2) is 59.6 Å². The van der Waals surface area contributed by atoms with Crippen LogP contribution in [-0.2, 0) is 36.0 Å². The molecule has 0 saturated heterocycles. The van der Waals surface area contributed by atoms with Crippen LogP contribution in [0, 0.1) is 6.92 Å². The number of amides is 2. The van der Waals surface area contributed by atoms with E-state index < -0.39 is 25.8 Å². The molecule has 2 amide bonds. The maximum atomic E-state index is 12.3. The van der Waals surface area contributed by atoms with E-state index >= 15 is 0 Å². The summed E-state index contributed by atoms with van der Waals surface area (Å²) in [6, 6.07) is 13.2. The Labute approximate surface area is 267 Å². The van der Waals surface area contributed by atoms with E-state index in [1.165, 1.54) is 12.1 Å². The van der Waals surface area contributed by atoms with E-state index in [9.17, 15) is 26.4 Å². The number of hydrogen-bond acceptors (Lipinski definition) is 10. The first-order valence-corrected chi connectivity index (χ1v) is 16.3. The molecule has 1 aliphatic rings. The predicted octanol–water partition coefficient (Wildman–Crippen LogP) is 2.42. The molecule has 0 radical (unpaired) electrons. The van der Waals surface area contributed by atoms with Crippen LogP contribution in [-0.4, -0.2) is 79.2 Å². The van der Waals surface area contributed by atoms with Crippen LogP contribution in [0.4, 0.5) is 23.1 Å². The summed E-state index contributed by atoms with van der Waals surface area (Å²) in [6.45, 7) is 3.70. The van der Waals surface area contributed by atoms with E-state index in [-0.39, 0.29) is 76.7 Å². The summed E-state index contributed by atoms with van der Waals surface area (Å²) in [4.78, 5) is 32.3. The van der Waals surface area contributed by atoms with Crippen molar-refractivity contribution in [3.05, 3.63) is 65.9 Å². The zero-order valence-corrected chi connectivity index (χ0v) is 24.3. The van der Waals surface area contributed by atoms with Gasteiger partial charge in [0.15, 0.2) is 9.84 Å². The van der Waals surface area contributed by atoms with Crippen molar-refractivity contribution in [2.24, 2.45) is 0 Å². The Bertz CT molecular complexity index is 1630. The second-order valence-electron chi connectivity index (χ2n) is 9.67. The molecule has 0 spiro atoms. The number of hydrogen-bond donors (Lipinski definition) is 4. The average Bonchev–Trinajstić information content (AvgIpc) is 3.80. The number of carbonyl (C=O) groups is 2. The standard InChI is InChI=1S/C27H32N6O6S2.Na.H/c1-3-24(34)33-41(38,39)23-10-8-21(9-11-23)31-27-29-16-18(2)26(32-27)30-20-6-4-19(5-7-20)17-28-25(35)14-15-40(36,37)22-12-13-22;;/h4-11,16,22H,3,12-15,17H2,1-2H3,(H,28,35)(H,33,34)(H2,29,30,31,32);;. The molecule has 0 atom stereocenters. The molecule has 12 nitrogen and oxygen atoms in total. The summed E-state index contributed by atoms with van der Waals surface area (Å²) in [7, 11) is -7.09. The van der Waals surface area contributed by atoms with Crippen LogP contribution < -0.4 is 20.7 Å². The third-order valence-corrected chi connectivity index (χ3v) is 9.96. The summed E-state index contributed by atoms with van der Waals surface area (Å²) in [5.41, 5.74) is 2.96. The molecule has 15 heteroatoms. The van der Waals surface area contributed by atoms with Crippen LogP contribution in [0.5, 0.6) is 0 Å². The van der Waals surface area contributed by atoms with Gasteiger partial charge in [0.25, 0.3) is 10.0 Å². The molecular formula is C27H33N6NaO6S2. The van der Waals surface area contributed by atoms with Crippen molar-refractivity contribution in [1.29, 1.82) is 0 Å². The SMILES string of the molecule is CCC(=O)NS(=O)(=O)c1ccc(Nc2ncc(C)c(Nc3ccc(CNC(=O)CCS(=O)(=O)C4CC4)cc3)n2)cc1.[NaH]. The van der Waals surface area contributed by atoms with Gasteiger partial charge in [0.1, 0.15) is 5.82 Å². The fourth-order valence-electron chi connectivity index (χ4n) is 3.72. The topological polar surface area (TPSA) is 176 Å². The number of aromatic nitrogens is 2. The molecule has 0 unspecified atom stereocenters. The van der Waals surface area contributed by atoms with Gasteiger partial charge >= 0.3 is 29.6 Å². The van der Waals surface area contributed by atoms with Crippen molar-refractivity contribution in [3.63, 3.8) is 0 Å². The molecule has 1 aromatic heterocycles. The van der Waals surface area contributed by atoms with Crippen LogP contribution in [0.25, 0.3) is 0 Å². The third kappa shape index (κ3) is 9.49. The predicted molar refractivity (Wildman–Crippen MR) is 162 cm³/mol. The van der Waals surface area contributed by atoms with Crippen LogP contribution in [0.3, 0.4) is 0 Å². The Hall–Kier alpha value is -3.04. The zero-order valence-electron chi connectivity index (χ0n) is 22.7. The minimum atomic E-state index is -3.94. The van der Waals surface area contributed by atoms with E-state index in [0.717, 1.165) is 16.8 Å². The van der Waals surface area contributed by atoms with Crippen molar-refractivity contribution >= 4 is 84.4 Å². The normalized spacial score (nSPS) is 13.0. The molecule has 0 bridgehead atoms. The van der Waals surface area contributed by atoms with Crippen molar-refractivity contribution in [2.45, 2.75) is 56.2 Å². The van der Waals surface area contributed by atoms with Gasteiger partial charge in [-0.2, -0.15) is 4.98 Å². The second-order valence-corrected chi connectivity index (χ2v) is 13.8. The Kier molecular flexibility index (Phi) is 11.5. The number of benzene rings is 2. The van der Waals surface area contributed by atoms with E-state index in [2.05, 4.69) is 25.9 Å². The van der Waals surface area contributed by atoms with Gasteiger partial charge in [-0.1, -0.05) is 19.1 Å². The molecule has 4 N–H and O–H groups in total. The quantitative estimate of drug-likeness (QED) is 0.207. The van der Waals surface area contributed by atoms with Gasteiger partial charge in [-0.15, -0.1) is 0 Å². The van der Waals surface area contributed by atoms with Crippen molar-refractivity contribution in [3.8, 4) is 0 Å². The number of aryl methyl sites for hydroxylation is 1. The van der Waals surface area contributed by atoms with E-state index in [1.807, 2.05) is 35.9 Å². The first-order valence-electron chi connectivity index (χ1n) is 13.1. The van der Waals surface area contributed by atoms with Crippen LogP contribution in [0.1, 0.15) is 43.7 Å². The molecular weight excluding hydrogens is 591 g/mol. The van der Waals surface area contributed by atoms with Crippen molar-refractivity contribution in [1.82, 2.24) is 20.0 Å². The van der Waals surface area contributed by atoms with Crippen molar-refractivity contribution in [2.75, 3.05) is 16.4 Å². The van der Waals surface area contributed by atoms with Gasteiger partial charge in [-0.25, -0.2) is 26.5 Å². The fraction of sp³-hybridized carbons (Fsp3) is 0.333. The summed E-state index contributed by atoms with van der Waals surface area (Å²) < 4.78 is 50.4.